The first-order valence-electron chi connectivity index (χ1n) is 8.38. The number of amides is 1. The quantitative estimate of drug-likeness (QED) is 0.769. The van der Waals surface area contributed by atoms with E-state index in [1.807, 2.05) is 6.92 Å². The summed E-state index contributed by atoms with van der Waals surface area (Å²) in [5.41, 5.74) is 1.27. The molecule has 5 heteroatoms. The summed E-state index contributed by atoms with van der Waals surface area (Å²) in [6, 6.07) is 13.1. The van der Waals surface area contributed by atoms with Crippen LogP contribution in [0.4, 0.5) is 4.39 Å². The number of hydrogen-bond acceptors (Lipinski definition) is 3. The van der Waals surface area contributed by atoms with Gasteiger partial charge in [-0.05, 0) is 49.1 Å². The van der Waals surface area contributed by atoms with E-state index in [4.69, 9.17) is 4.74 Å². The second-order valence-corrected chi connectivity index (χ2v) is 6.31. The van der Waals surface area contributed by atoms with Gasteiger partial charge in [0.1, 0.15) is 18.2 Å². The average Bonchev–Trinajstić information content (AvgIpc) is 2.59. The maximum absolute atomic E-state index is 12.9. The third kappa shape index (κ3) is 6.19. The zero-order chi connectivity index (χ0) is 18.2. The van der Waals surface area contributed by atoms with Crippen molar-refractivity contribution in [2.75, 3.05) is 6.54 Å². The van der Waals surface area contributed by atoms with E-state index in [9.17, 15) is 14.3 Å². The Hall–Kier alpha value is -2.40. The highest BCUT2D eigenvalue weighted by Crippen LogP contribution is 2.19. The minimum atomic E-state index is -0.391. The Bertz CT molecular complexity index is 686. The molecule has 25 heavy (non-hydrogen) atoms. The normalized spacial score (nSPS) is 13.1. The summed E-state index contributed by atoms with van der Waals surface area (Å²) in [6.07, 6.45) is 0.237. The number of benzene rings is 2. The molecule has 0 aliphatic heterocycles. The zero-order valence-corrected chi connectivity index (χ0v) is 14.5. The molecule has 0 bridgehead atoms. The van der Waals surface area contributed by atoms with Crippen LogP contribution >= 0.6 is 0 Å². The fourth-order valence-electron chi connectivity index (χ4n) is 2.55. The van der Waals surface area contributed by atoms with Gasteiger partial charge in [-0.15, -0.1) is 0 Å². The van der Waals surface area contributed by atoms with Gasteiger partial charge in [-0.1, -0.05) is 31.2 Å². The second-order valence-electron chi connectivity index (χ2n) is 6.31. The van der Waals surface area contributed by atoms with E-state index in [1.165, 1.54) is 12.1 Å². The molecule has 0 spiro atoms. The van der Waals surface area contributed by atoms with Crippen LogP contribution in [0.1, 0.15) is 36.2 Å². The molecule has 0 radical (unpaired) electrons. The van der Waals surface area contributed by atoms with Gasteiger partial charge in [-0.25, -0.2) is 4.39 Å². The first-order valence-corrected chi connectivity index (χ1v) is 8.38. The van der Waals surface area contributed by atoms with Crippen LogP contribution in [0.2, 0.25) is 0 Å². The SMILES string of the molecule is C[C@@H](CNC(=O)c1ccccc1OCc1ccc(F)cc1)C[C@@H](C)O. The van der Waals surface area contributed by atoms with Crippen molar-refractivity contribution in [3.8, 4) is 5.75 Å². The molecule has 0 unspecified atom stereocenters. The van der Waals surface area contributed by atoms with Crippen LogP contribution in [0.3, 0.4) is 0 Å². The summed E-state index contributed by atoms with van der Waals surface area (Å²) in [5, 5.41) is 12.3. The summed E-state index contributed by atoms with van der Waals surface area (Å²) < 4.78 is 18.7. The number of nitrogens with one attached hydrogen (secondary N) is 1. The van der Waals surface area contributed by atoms with Crippen LogP contribution in [0.5, 0.6) is 5.75 Å². The number of aliphatic hydroxyl groups excluding tert-OH is 1. The molecule has 0 saturated carbocycles. The maximum atomic E-state index is 12.9. The summed E-state index contributed by atoms with van der Waals surface area (Å²) in [6.45, 7) is 4.44. The molecule has 0 heterocycles. The van der Waals surface area contributed by atoms with Crippen molar-refractivity contribution < 1.29 is 19.0 Å². The predicted octanol–water partition coefficient (Wildman–Crippen LogP) is 3.54. The molecule has 0 fully saturated rings. The number of aliphatic hydroxyl groups is 1. The van der Waals surface area contributed by atoms with E-state index in [0.29, 0.717) is 24.3 Å². The van der Waals surface area contributed by atoms with E-state index in [0.717, 1.165) is 5.56 Å². The van der Waals surface area contributed by atoms with Crippen LogP contribution in [0.25, 0.3) is 0 Å². The van der Waals surface area contributed by atoms with E-state index in [-0.39, 0.29) is 24.2 Å². The van der Waals surface area contributed by atoms with Gasteiger partial charge in [0, 0.05) is 6.54 Å². The Labute approximate surface area is 147 Å². The maximum Gasteiger partial charge on any atom is 0.255 e. The van der Waals surface area contributed by atoms with Crippen molar-refractivity contribution in [1.82, 2.24) is 5.32 Å². The summed E-state index contributed by atoms with van der Waals surface area (Å²) in [5.74, 6) is 0.144. The number of rotatable bonds is 8. The van der Waals surface area contributed by atoms with E-state index >= 15 is 0 Å². The van der Waals surface area contributed by atoms with Crippen LogP contribution in [-0.4, -0.2) is 23.7 Å². The topological polar surface area (TPSA) is 58.6 Å². The smallest absolute Gasteiger partial charge is 0.255 e. The van der Waals surface area contributed by atoms with E-state index in [1.54, 1.807) is 43.3 Å². The molecular weight excluding hydrogens is 321 g/mol. The summed E-state index contributed by atoms with van der Waals surface area (Å²) in [4.78, 5) is 12.4. The lowest BCUT2D eigenvalue weighted by atomic mass is 10.0. The van der Waals surface area contributed by atoms with E-state index < -0.39 is 6.10 Å². The fourth-order valence-corrected chi connectivity index (χ4v) is 2.55. The van der Waals surface area contributed by atoms with E-state index in [2.05, 4.69) is 5.32 Å². The first-order chi connectivity index (χ1) is 12.0. The average molecular weight is 345 g/mol. The Morgan fingerprint density at radius 1 is 1.16 bits per heavy atom. The van der Waals surface area contributed by atoms with Gasteiger partial charge >= 0.3 is 0 Å². The Kier molecular flexibility index (Phi) is 6.95. The van der Waals surface area contributed by atoms with Gasteiger partial charge in [0.2, 0.25) is 0 Å². The van der Waals surface area contributed by atoms with Gasteiger partial charge in [0.25, 0.3) is 5.91 Å². The molecule has 2 rings (SSSR count). The highest BCUT2D eigenvalue weighted by atomic mass is 19.1. The molecule has 0 saturated heterocycles. The van der Waals surface area contributed by atoms with Gasteiger partial charge in [0.15, 0.2) is 0 Å². The number of para-hydroxylation sites is 1. The second kappa shape index (κ2) is 9.18. The highest BCUT2D eigenvalue weighted by Gasteiger charge is 2.14. The molecule has 0 aliphatic rings. The Balaban J connectivity index is 1.96. The van der Waals surface area contributed by atoms with Crippen LogP contribution in [0.15, 0.2) is 48.5 Å². The van der Waals surface area contributed by atoms with Crippen molar-refractivity contribution in [3.63, 3.8) is 0 Å². The van der Waals surface area contributed by atoms with Crippen molar-refractivity contribution in [1.29, 1.82) is 0 Å². The summed E-state index contributed by atoms with van der Waals surface area (Å²) in [7, 11) is 0. The van der Waals surface area contributed by atoms with Gasteiger partial charge in [0.05, 0.1) is 11.7 Å². The van der Waals surface area contributed by atoms with Crippen LogP contribution in [0, 0.1) is 11.7 Å². The Morgan fingerprint density at radius 3 is 2.52 bits per heavy atom. The number of ether oxygens (including phenoxy) is 1. The third-order valence-electron chi connectivity index (χ3n) is 3.79. The molecule has 2 N–H and O–H groups in total. The molecule has 1 amide bonds. The molecule has 2 atom stereocenters. The lowest BCUT2D eigenvalue weighted by molar-refractivity contribution is 0.0935. The fraction of sp³-hybridized carbons (Fsp3) is 0.350. The van der Waals surface area contributed by atoms with Crippen molar-refractivity contribution in [3.05, 3.63) is 65.5 Å². The van der Waals surface area contributed by atoms with Gasteiger partial charge < -0.3 is 15.2 Å². The van der Waals surface area contributed by atoms with Crippen molar-refractivity contribution in [2.45, 2.75) is 33.0 Å². The first kappa shape index (κ1) is 18.9. The largest absolute Gasteiger partial charge is 0.488 e. The molecule has 2 aromatic carbocycles. The number of carbonyl (C=O) groups excluding carboxylic acids is 1. The molecule has 4 nitrogen and oxygen atoms in total. The standard InChI is InChI=1S/C20H24FNO3/c1-14(11-15(2)23)12-22-20(24)18-5-3-4-6-19(18)25-13-16-7-9-17(21)10-8-16/h3-10,14-15,23H,11-13H2,1-2H3,(H,22,24)/t14-,15-/m1/s1. The molecule has 2 aromatic rings. The van der Waals surface area contributed by atoms with Crippen molar-refractivity contribution >= 4 is 5.91 Å². The van der Waals surface area contributed by atoms with Gasteiger partial charge in [-0.3, -0.25) is 4.79 Å². The van der Waals surface area contributed by atoms with Gasteiger partial charge in [-0.2, -0.15) is 0 Å². The third-order valence-corrected chi connectivity index (χ3v) is 3.79. The molecule has 0 aliphatic carbocycles. The molecule has 134 valence electrons. The van der Waals surface area contributed by atoms with Crippen molar-refractivity contribution in [2.24, 2.45) is 5.92 Å². The lowest BCUT2D eigenvalue weighted by Gasteiger charge is -2.15. The minimum Gasteiger partial charge on any atom is -0.488 e. The molecule has 0 aromatic heterocycles. The van der Waals surface area contributed by atoms with Crippen LogP contribution < -0.4 is 10.1 Å². The zero-order valence-electron chi connectivity index (χ0n) is 14.5. The number of halogens is 1. The molecular formula is C20H24FNO3. The Morgan fingerprint density at radius 2 is 1.84 bits per heavy atom. The summed E-state index contributed by atoms with van der Waals surface area (Å²) >= 11 is 0. The number of hydrogen-bond donors (Lipinski definition) is 2. The lowest BCUT2D eigenvalue weighted by Crippen LogP contribution is -2.29. The monoisotopic (exact) mass is 345 g/mol. The highest BCUT2D eigenvalue weighted by molar-refractivity contribution is 5.96. The van der Waals surface area contributed by atoms with Crippen LogP contribution in [-0.2, 0) is 6.61 Å². The predicted molar refractivity (Wildman–Crippen MR) is 95.0 cm³/mol. The number of carbonyl (C=O) groups is 1. The minimum absolute atomic E-state index is 0.177.